The van der Waals surface area contributed by atoms with Crippen molar-refractivity contribution in [3.63, 3.8) is 0 Å². The Kier molecular flexibility index (Phi) is 6.30. The first-order chi connectivity index (χ1) is 15.5. The molecule has 6 nitrogen and oxygen atoms in total. The summed E-state index contributed by atoms with van der Waals surface area (Å²) in [6.45, 7) is 0.0775. The zero-order chi connectivity index (χ0) is 22.5. The molecule has 1 heterocycles. The molecular formula is C24H20F2N2O4. The Labute approximate surface area is 183 Å². The van der Waals surface area contributed by atoms with E-state index >= 15 is 0 Å². The van der Waals surface area contributed by atoms with Gasteiger partial charge in [0, 0.05) is 29.9 Å². The van der Waals surface area contributed by atoms with E-state index in [4.69, 9.17) is 9.47 Å². The number of anilines is 1. The van der Waals surface area contributed by atoms with Crippen molar-refractivity contribution in [3.05, 3.63) is 95.6 Å². The molecule has 2 atom stereocenters. The van der Waals surface area contributed by atoms with Crippen molar-refractivity contribution in [2.24, 2.45) is 0 Å². The number of rotatable bonds is 6. The second-order valence-corrected chi connectivity index (χ2v) is 7.24. The average molecular weight is 438 g/mol. The highest BCUT2D eigenvalue weighted by Crippen LogP contribution is 2.33. The Balaban J connectivity index is 1.48. The van der Waals surface area contributed by atoms with E-state index in [2.05, 4.69) is 10.6 Å². The fraction of sp³-hybridized carbons (Fsp3) is 0.167. The molecule has 0 spiro atoms. The molecule has 0 unspecified atom stereocenters. The van der Waals surface area contributed by atoms with Gasteiger partial charge in [0.15, 0.2) is 6.10 Å². The molecular weight excluding hydrogens is 418 g/mol. The first-order valence-electron chi connectivity index (χ1n) is 9.97. The van der Waals surface area contributed by atoms with Crippen molar-refractivity contribution in [1.82, 2.24) is 5.32 Å². The van der Waals surface area contributed by atoms with Gasteiger partial charge < -0.3 is 14.8 Å². The van der Waals surface area contributed by atoms with E-state index in [0.717, 1.165) is 17.7 Å². The summed E-state index contributed by atoms with van der Waals surface area (Å²) in [5.74, 6) is -3.39. The molecule has 1 fully saturated rings. The lowest BCUT2D eigenvalue weighted by Crippen LogP contribution is -2.32. The molecule has 1 aliphatic rings. The van der Waals surface area contributed by atoms with Crippen LogP contribution in [-0.2, 0) is 16.1 Å². The van der Waals surface area contributed by atoms with Crippen LogP contribution in [0.1, 0.15) is 17.0 Å². The Morgan fingerprint density at radius 3 is 2.28 bits per heavy atom. The Morgan fingerprint density at radius 2 is 1.62 bits per heavy atom. The van der Waals surface area contributed by atoms with Gasteiger partial charge in [-0.2, -0.15) is 0 Å². The number of carbonyl (C=O) groups excluding carboxylic acids is 2. The smallest absolute Gasteiger partial charge is 0.412 e. The predicted molar refractivity (Wildman–Crippen MR) is 113 cm³/mol. The highest BCUT2D eigenvalue weighted by molar-refractivity contribution is 5.90. The molecule has 3 aromatic rings. The standard InChI is InChI=1S/C24H20F2N2O4/c25-19-11-17(31-14-15-7-3-1-4-8-15)12-20(26)21(19)18-13-27-23(29)22(18)32-24(30)28-16-9-5-2-6-10-16/h1-12,18,22H,13-14H2,(H,27,29)(H,28,30)/t18-,22-/m0/s1. The lowest BCUT2D eigenvalue weighted by atomic mass is 9.94. The molecule has 1 aliphatic heterocycles. The van der Waals surface area contributed by atoms with Crippen molar-refractivity contribution in [2.45, 2.75) is 18.6 Å². The normalized spacial score (nSPS) is 17.5. The Hall–Kier alpha value is -3.94. The van der Waals surface area contributed by atoms with E-state index in [9.17, 15) is 18.4 Å². The molecule has 8 heteroatoms. The highest BCUT2D eigenvalue weighted by Gasteiger charge is 2.42. The lowest BCUT2D eigenvalue weighted by molar-refractivity contribution is -0.126. The largest absolute Gasteiger partial charge is 0.489 e. The number of amides is 2. The zero-order valence-corrected chi connectivity index (χ0v) is 16.9. The molecule has 164 valence electrons. The van der Waals surface area contributed by atoms with E-state index < -0.39 is 35.7 Å². The number of hydrogen-bond donors (Lipinski definition) is 2. The van der Waals surface area contributed by atoms with Gasteiger partial charge in [0.2, 0.25) is 0 Å². The van der Waals surface area contributed by atoms with Gasteiger partial charge in [-0.15, -0.1) is 0 Å². The maximum Gasteiger partial charge on any atom is 0.412 e. The topological polar surface area (TPSA) is 76.7 Å². The van der Waals surface area contributed by atoms with Gasteiger partial charge in [-0.1, -0.05) is 48.5 Å². The molecule has 0 radical (unpaired) electrons. The fourth-order valence-corrected chi connectivity index (χ4v) is 3.51. The van der Waals surface area contributed by atoms with Gasteiger partial charge in [-0.3, -0.25) is 10.1 Å². The van der Waals surface area contributed by atoms with Crippen LogP contribution in [0.5, 0.6) is 5.75 Å². The van der Waals surface area contributed by atoms with Crippen molar-refractivity contribution < 1.29 is 27.8 Å². The molecule has 32 heavy (non-hydrogen) atoms. The van der Waals surface area contributed by atoms with Gasteiger partial charge in [-0.05, 0) is 17.7 Å². The first kappa shape index (κ1) is 21.3. The summed E-state index contributed by atoms with van der Waals surface area (Å²) in [6, 6.07) is 19.8. The van der Waals surface area contributed by atoms with Crippen LogP contribution in [-0.4, -0.2) is 24.6 Å². The summed E-state index contributed by atoms with van der Waals surface area (Å²) in [5.41, 5.74) is 0.971. The summed E-state index contributed by atoms with van der Waals surface area (Å²) in [7, 11) is 0. The van der Waals surface area contributed by atoms with Gasteiger partial charge >= 0.3 is 6.09 Å². The van der Waals surface area contributed by atoms with Crippen LogP contribution >= 0.6 is 0 Å². The van der Waals surface area contributed by atoms with Crippen molar-refractivity contribution in [2.75, 3.05) is 11.9 Å². The average Bonchev–Trinajstić information content (AvgIpc) is 3.13. The van der Waals surface area contributed by atoms with Crippen LogP contribution in [0, 0.1) is 11.6 Å². The van der Waals surface area contributed by atoms with E-state index in [1.807, 2.05) is 30.3 Å². The molecule has 1 saturated heterocycles. The molecule has 2 amide bonds. The fourth-order valence-electron chi connectivity index (χ4n) is 3.51. The predicted octanol–water partition coefficient (Wildman–Crippen LogP) is 4.37. The van der Waals surface area contributed by atoms with E-state index in [1.54, 1.807) is 30.3 Å². The molecule has 4 rings (SSSR count). The monoisotopic (exact) mass is 438 g/mol. The van der Waals surface area contributed by atoms with E-state index in [1.165, 1.54) is 0 Å². The Morgan fingerprint density at radius 1 is 1.00 bits per heavy atom. The van der Waals surface area contributed by atoms with Gasteiger partial charge in [0.05, 0.1) is 5.92 Å². The maximum absolute atomic E-state index is 14.9. The number of benzene rings is 3. The van der Waals surface area contributed by atoms with Crippen molar-refractivity contribution in [1.29, 1.82) is 0 Å². The lowest BCUT2D eigenvalue weighted by Gasteiger charge is -2.20. The quantitative estimate of drug-likeness (QED) is 0.599. The summed E-state index contributed by atoms with van der Waals surface area (Å²) in [4.78, 5) is 24.4. The minimum atomic E-state index is -1.38. The third-order valence-corrected chi connectivity index (χ3v) is 5.05. The van der Waals surface area contributed by atoms with Crippen molar-refractivity contribution >= 4 is 17.7 Å². The molecule has 0 aromatic heterocycles. The van der Waals surface area contributed by atoms with Gasteiger partial charge in [0.25, 0.3) is 5.91 Å². The summed E-state index contributed by atoms with van der Waals surface area (Å²) in [6.07, 6.45) is -2.27. The van der Waals surface area contributed by atoms with Crippen LogP contribution < -0.4 is 15.4 Å². The minimum Gasteiger partial charge on any atom is -0.489 e. The second-order valence-electron chi connectivity index (χ2n) is 7.24. The number of halogens is 2. The molecule has 0 aliphatic carbocycles. The van der Waals surface area contributed by atoms with Crippen LogP contribution in [0.2, 0.25) is 0 Å². The second kappa shape index (κ2) is 9.47. The Bertz CT molecular complexity index is 1090. The minimum absolute atomic E-state index is 0.0178. The number of para-hydroxylation sites is 1. The van der Waals surface area contributed by atoms with Crippen LogP contribution in [0.3, 0.4) is 0 Å². The molecule has 2 N–H and O–H groups in total. The number of hydrogen-bond acceptors (Lipinski definition) is 4. The molecule has 3 aromatic carbocycles. The molecule has 0 saturated carbocycles. The van der Waals surface area contributed by atoms with Crippen LogP contribution in [0.4, 0.5) is 19.3 Å². The number of nitrogens with one attached hydrogen (secondary N) is 2. The third-order valence-electron chi connectivity index (χ3n) is 5.05. The maximum atomic E-state index is 14.9. The first-order valence-corrected chi connectivity index (χ1v) is 9.97. The SMILES string of the molecule is O=C(Nc1ccccc1)O[C@@H]1C(=O)NC[C@H]1c1c(F)cc(OCc2ccccc2)cc1F. The van der Waals surface area contributed by atoms with Crippen molar-refractivity contribution in [3.8, 4) is 5.75 Å². The van der Waals surface area contributed by atoms with Gasteiger partial charge in [-0.25, -0.2) is 13.6 Å². The summed E-state index contributed by atoms with van der Waals surface area (Å²) < 4.78 is 40.4. The van der Waals surface area contributed by atoms with E-state index in [-0.39, 0.29) is 24.5 Å². The zero-order valence-electron chi connectivity index (χ0n) is 16.9. The number of carbonyl (C=O) groups is 2. The molecule has 0 bridgehead atoms. The van der Waals surface area contributed by atoms with E-state index in [0.29, 0.717) is 5.69 Å². The number of ether oxygens (including phenoxy) is 2. The van der Waals surface area contributed by atoms with Crippen LogP contribution in [0.25, 0.3) is 0 Å². The highest BCUT2D eigenvalue weighted by atomic mass is 19.1. The van der Waals surface area contributed by atoms with Gasteiger partial charge in [0.1, 0.15) is 24.0 Å². The third kappa shape index (κ3) is 4.85. The summed E-state index contributed by atoms with van der Waals surface area (Å²) >= 11 is 0. The van der Waals surface area contributed by atoms with Crippen LogP contribution in [0.15, 0.2) is 72.8 Å². The summed E-state index contributed by atoms with van der Waals surface area (Å²) in [5, 5.41) is 4.98.